The lowest BCUT2D eigenvalue weighted by molar-refractivity contribution is -0.147. The first kappa shape index (κ1) is 17.3. The van der Waals surface area contributed by atoms with Gasteiger partial charge in [0.25, 0.3) is 5.91 Å². The molecule has 8 heteroatoms. The quantitative estimate of drug-likeness (QED) is 0.572. The Balaban J connectivity index is 1.99. The van der Waals surface area contributed by atoms with Gasteiger partial charge in [-0.1, -0.05) is 35.4 Å². The van der Waals surface area contributed by atoms with E-state index in [0.717, 1.165) is 0 Å². The zero-order chi connectivity index (χ0) is 17.0. The van der Waals surface area contributed by atoms with Crippen LogP contribution in [-0.4, -0.2) is 22.9 Å². The Morgan fingerprint density at radius 2 is 1.70 bits per heavy atom. The minimum absolute atomic E-state index is 0.147. The van der Waals surface area contributed by atoms with E-state index in [1.54, 1.807) is 12.2 Å². The third-order valence-electron chi connectivity index (χ3n) is 3.56. The van der Waals surface area contributed by atoms with Crippen molar-refractivity contribution in [2.75, 3.05) is 0 Å². The number of allylic oxidation sites excluding steroid dienone is 2. The zero-order valence-corrected chi connectivity index (χ0v) is 13.4. The number of rotatable bonds is 3. The summed E-state index contributed by atoms with van der Waals surface area (Å²) >= 11 is 11.7. The fourth-order valence-electron chi connectivity index (χ4n) is 2.33. The first-order valence-corrected chi connectivity index (χ1v) is 7.58. The second kappa shape index (κ2) is 7.48. The predicted molar refractivity (Wildman–Crippen MR) is 85.1 cm³/mol. The highest BCUT2D eigenvalue weighted by Gasteiger charge is 2.34. The van der Waals surface area contributed by atoms with E-state index in [4.69, 9.17) is 28.3 Å². The fourth-order valence-corrected chi connectivity index (χ4v) is 2.82. The van der Waals surface area contributed by atoms with Crippen LogP contribution in [0.15, 0.2) is 30.4 Å². The first-order valence-electron chi connectivity index (χ1n) is 6.83. The Morgan fingerprint density at radius 1 is 1.04 bits per heavy atom. The van der Waals surface area contributed by atoms with E-state index in [2.05, 4.69) is 10.9 Å². The van der Waals surface area contributed by atoms with Gasteiger partial charge in [-0.2, -0.15) is 0 Å². The van der Waals surface area contributed by atoms with Gasteiger partial charge in [0.1, 0.15) is 0 Å². The number of benzene rings is 1. The van der Waals surface area contributed by atoms with Gasteiger partial charge >= 0.3 is 5.97 Å². The average molecular weight is 357 g/mol. The number of aliphatic carboxylic acids is 1. The molecule has 0 spiro atoms. The van der Waals surface area contributed by atoms with Crippen molar-refractivity contribution < 1.29 is 19.5 Å². The summed E-state index contributed by atoms with van der Waals surface area (Å²) in [6.07, 6.45) is 4.07. The summed E-state index contributed by atoms with van der Waals surface area (Å²) in [6.45, 7) is 0. The minimum Gasteiger partial charge on any atom is -0.481 e. The molecule has 1 aliphatic rings. The van der Waals surface area contributed by atoms with E-state index < -0.39 is 29.6 Å². The SMILES string of the molecule is O=C(NNC(=O)[C@H]1CC=CC[C@H]1C(=O)O)c1ccc(Cl)cc1Cl. The number of hydrazine groups is 1. The number of carbonyl (C=O) groups is 3. The van der Waals surface area contributed by atoms with E-state index in [1.807, 2.05) is 0 Å². The summed E-state index contributed by atoms with van der Waals surface area (Å²) in [4.78, 5) is 35.3. The standard InChI is InChI=1S/C15H14Cl2N2O4/c16-8-5-6-11(12(17)7-8)14(21)19-18-13(20)9-3-1-2-4-10(9)15(22)23/h1-2,5-7,9-10H,3-4H2,(H,18,20)(H,19,21)(H,22,23)/t9-,10+/m0/s1. The van der Waals surface area contributed by atoms with E-state index >= 15 is 0 Å². The molecule has 0 radical (unpaired) electrons. The molecule has 3 N–H and O–H groups in total. The Morgan fingerprint density at radius 3 is 2.30 bits per heavy atom. The molecule has 0 fully saturated rings. The highest BCUT2D eigenvalue weighted by Crippen LogP contribution is 2.26. The third-order valence-corrected chi connectivity index (χ3v) is 4.11. The molecular formula is C15H14Cl2N2O4. The van der Waals surface area contributed by atoms with Crippen LogP contribution in [0.4, 0.5) is 0 Å². The summed E-state index contributed by atoms with van der Waals surface area (Å²) in [7, 11) is 0. The second-order valence-corrected chi connectivity index (χ2v) is 5.91. The Hall–Kier alpha value is -2.05. The highest BCUT2D eigenvalue weighted by molar-refractivity contribution is 6.36. The first-order chi connectivity index (χ1) is 10.9. The van der Waals surface area contributed by atoms with Crippen molar-refractivity contribution in [1.82, 2.24) is 10.9 Å². The molecule has 6 nitrogen and oxygen atoms in total. The van der Waals surface area contributed by atoms with Crippen molar-refractivity contribution in [3.05, 3.63) is 46.0 Å². The van der Waals surface area contributed by atoms with Crippen LogP contribution in [0.25, 0.3) is 0 Å². The number of halogens is 2. The molecule has 2 rings (SSSR count). The van der Waals surface area contributed by atoms with E-state index in [1.165, 1.54) is 18.2 Å². The molecule has 1 aliphatic carbocycles. The third kappa shape index (κ3) is 4.24. The van der Waals surface area contributed by atoms with Crippen molar-refractivity contribution >= 4 is 41.0 Å². The summed E-state index contributed by atoms with van der Waals surface area (Å²) in [5, 5.41) is 9.67. The van der Waals surface area contributed by atoms with Crippen LogP contribution < -0.4 is 10.9 Å². The summed E-state index contributed by atoms with van der Waals surface area (Å²) in [5.74, 6) is -3.76. The van der Waals surface area contributed by atoms with Crippen molar-refractivity contribution in [2.45, 2.75) is 12.8 Å². The number of nitrogens with one attached hydrogen (secondary N) is 2. The van der Waals surface area contributed by atoms with Gasteiger partial charge in [0.05, 0.1) is 22.4 Å². The van der Waals surface area contributed by atoms with Crippen LogP contribution in [0.3, 0.4) is 0 Å². The predicted octanol–water partition coefficient (Wildman–Crippen LogP) is 2.42. The molecule has 0 aliphatic heterocycles. The number of hydrogen-bond acceptors (Lipinski definition) is 3. The van der Waals surface area contributed by atoms with Gasteiger partial charge < -0.3 is 5.11 Å². The summed E-state index contributed by atoms with van der Waals surface area (Å²) in [6, 6.07) is 4.33. The van der Waals surface area contributed by atoms with E-state index in [9.17, 15) is 14.4 Å². The van der Waals surface area contributed by atoms with Gasteiger partial charge in [0.2, 0.25) is 5.91 Å². The van der Waals surface area contributed by atoms with Crippen LogP contribution >= 0.6 is 23.2 Å². The smallest absolute Gasteiger partial charge is 0.307 e. The molecule has 0 bridgehead atoms. The number of carboxylic acids is 1. The Labute approximate surface area is 142 Å². The average Bonchev–Trinajstić information content (AvgIpc) is 2.52. The number of carboxylic acid groups (broad SMARTS) is 1. The molecule has 23 heavy (non-hydrogen) atoms. The Bertz CT molecular complexity index is 675. The van der Waals surface area contributed by atoms with Crippen molar-refractivity contribution in [1.29, 1.82) is 0 Å². The van der Waals surface area contributed by atoms with Gasteiger partial charge in [-0.05, 0) is 31.0 Å². The van der Waals surface area contributed by atoms with Crippen molar-refractivity contribution in [3.8, 4) is 0 Å². The lowest BCUT2D eigenvalue weighted by Gasteiger charge is -2.24. The largest absolute Gasteiger partial charge is 0.481 e. The molecule has 1 aromatic carbocycles. The fraction of sp³-hybridized carbons (Fsp3) is 0.267. The number of carbonyl (C=O) groups excluding carboxylic acids is 2. The molecule has 0 saturated heterocycles. The highest BCUT2D eigenvalue weighted by atomic mass is 35.5. The molecule has 0 aromatic heterocycles. The van der Waals surface area contributed by atoms with Crippen molar-refractivity contribution in [2.24, 2.45) is 11.8 Å². The molecular weight excluding hydrogens is 343 g/mol. The number of hydrogen-bond donors (Lipinski definition) is 3. The maximum Gasteiger partial charge on any atom is 0.307 e. The molecule has 122 valence electrons. The van der Waals surface area contributed by atoms with E-state index in [0.29, 0.717) is 11.4 Å². The molecule has 2 amide bonds. The molecule has 1 aromatic rings. The van der Waals surface area contributed by atoms with Crippen LogP contribution in [0.5, 0.6) is 0 Å². The van der Waals surface area contributed by atoms with E-state index in [-0.39, 0.29) is 17.0 Å². The van der Waals surface area contributed by atoms with Crippen LogP contribution in [0.2, 0.25) is 10.0 Å². The van der Waals surface area contributed by atoms with Crippen LogP contribution in [0.1, 0.15) is 23.2 Å². The lowest BCUT2D eigenvalue weighted by Crippen LogP contribution is -2.47. The minimum atomic E-state index is -1.04. The second-order valence-electron chi connectivity index (χ2n) is 5.06. The van der Waals surface area contributed by atoms with Gasteiger partial charge in [-0.25, -0.2) is 0 Å². The summed E-state index contributed by atoms with van der Waals surface area (Å²) < 4.78 is 0. The van der Waals surface area contributed by atoms with Crippen LogP contribution in [-0.2, 0) is 9.59 Å². The van der Waals surface area contributed by atoms with Crippen molar-refractivity contribution in [3.63, 3.8) is 0 Å². The topological polar surface area (TPSA) is 95.5 Å². The zero-order valence-electron chi connectivity index (χ0n) is 11.9. The Kier molecular flexibility index (Phi) is 5.63. The van der Waals surface area contributed by atoms with Crippen LogP contribution in [0, 0.1) is 11.8 Å². The maximum atomic E-state index is 12.1. The van der Waals surface area contributed by atoms with Gasteiger partial charge in [0, 0.05) is 5.02 Å². The molecule has 2 atom stereocenters. The molecule has 0 unspecified atom stereocenters. The molecule has 0 saturated carbocycles. The lowest BCUT2D eigenvalue weighted by atomic mass is 9.82. The number of amides is 2. The van der Waals surface area contributed by atoms with Gasteiger partial charge in [-0.15, -0.1) is 0 Å². The van der Waals surface area contributed by atoms with Gasteiger partial charge in [0.15, 0.2) is 0 Å². The maximum absolute atomic E-state index is 12.1. The monoisotopic (exact) mass is 356 g/mol. The normalized spacial score (nSPS) is 19.9. The molecule has 0 heterocycles. The van der Waals surface area contributed by atoms with Gasteiger partial charge in [-0.3, -0.25) is 25.2 Å². The summed E-state index contributed by atoms with van der Waals surface area (Å²) in [5.41, 5.74) is 4.63.